The Bertz CT molecular complexity index is 551. The van der Waals surface area contributed by atoms with E-state index < -0.39 is 0 Å². The highest BCUT2D eigenvalue weighted by atomic mass is 16.5. The molecule has 1 unspecified atom stereocenters. The van der Waals surface area contributed by atoms with E-state index in [4.69, 9.17) is 9.26 Å². The zero-order valence-electron chi connectivity index (χ0n) is 11.7. The molecule has 1 atom stereocenters. The quantitative estimate of drug-likeness (QED) is 0.896. The number of hydrogen-bond acceptors (Lipinski definition) is 5. The van der Waals surface area contributed by atoms with Crippen LogP contribution in [0.2, 0.25) is 0 Å². The first-order valence-corrected chi connectivity index (χ1v) is 6.30. The summed E-state index contributed by atoms with van der Waals surface area (Å²) in [5.41, 5.74) is 2.34. The minimum absolute atomic E-state index is 0.224. The molecule has 1 N–H and O–H groups in total. The molecule has 19 heavy (non-hydrogen) atoms. The second kappa shape index (κ2) is 5.84. The summed E-state index contributed by atoms with van der Waals surface area (Å²) in [6, 6.07) is 6.36. The third kappa shape index (κ3) is 3.32. The second-order valence-corrected chi connectivity index (χ2v) is 4.57. The van der Waals surface area contributed by atoms with Crippen LogP contribution in [0.25, 0.3) is 0 Å². The van der Waals surface area contributed by atoms with Gasteiger partial charge in [0.05, 0.1) is 0 Å². The summed E-state index contributed by atoms with van der Waals surface area (Å²) in [4.78, 5) is 4.12. The van der Waals surface area contributed by atoms with Crippen molar-refractivity contribution < 1.29 is 9.26 Å². The summed E-state index contributed by atoms with van der Waals surface area (Å²) in [7, 11) is 1.93. The van der Waals surface area contributed by atoms with Gasteiger partial charge in [0, 0.05) is 18.5 Å². The summed E-state index contributed by atoms with van der Waals surface area (Å²) in [5.74, 6) is 1.95. The number of nitrogens with zero attached hydrogens (tertiary/aromatic N) is 2. The van der Waals surface area contributed by atoms with Crippen LogP contribution in [0.5, 0.6) is 5.75 Å². The predicted molar refractivity (Wildman–Crippen MR) is 72.0 cm³/mol. The zero-order chi connectivity index (χ0) is 13.8. The molecule has 0 fully saturated rings. The van der Waals surface area contributed by atoms with Crippen LogP contribution >= 0.6 is 0 Å². The maximum Gasteiger partial charge on any atom is 0.223 e. The Labute approximate surface area is 113 Å². The zero-order valence-corrected chi connectivity index (χ0v) is 11.7. The van der Waals surface area contributed by atoms with Crippen molar-refractivity contribution in [2.75, 3.05) is 7.05 Å². The Morgan fingerprint density at radius 2 is 2.16 bits per heavy atom. The van der Waals surface area contributed by atoms with Gasteiger partial charge in [-0.1, -0.05) is 22.9 Å². The molecule has 1 heterocycles. The highest BCUT2D eigenvalue weighted by molar-refractivity contribution is 5.38. The van der Waals surface area contributed by atoms with Crippen LogP contribution < -0.4 is 10.1 Å². The maximum absolute atomic E-state index is 5.79. The van der Waals surface area contributed by atoms with Gasteiger partial charge in [-0.25, -0.2) is 0 Å². The number of benzene rings is 1. The lowest BCUT2D eigenvalue weighted by Crippen LogP contribution is -2.14. The average Bonchev–Trinajstić information content (AvgIpc) is 2.82. The summed E-state index contributed by atoms with van der Waals surface area (Å²) in [6.07, 6.45) is 0. The van der Waals surface area contributed by atoms with Crippen LogP contribution in [0.1, 0.15) is 35.8 Å². The van der Waals surface area contributed by atoms with Crippen LogP contribution in [-0.2, 0) is 6.61 Å². The first-order valence-electron chi connectivity index (χ1n) is 6.30. The lowest BCUT2D eigenvalue weighted by molar-refractivity contribution is 0.281. The number of ether oxygens (including phenoxy) is 1. The highest BCUT2D eigenvalue weighted by Gasteiger charge is 2.11. The third-order valence-electron chi connectivity index (χ3n) is 2.99. The molecule has 0 radical (unpaired) electrons. The highest BCUT2D eigenvalue weighted by Crippen LogP contribution is 2.26. The van der Waals surface area contributed by atoms with E-state index in [1.165, 1.54) is 5.56 Å². The minimum Gasteiger partial charge on any atom is -0.485 e. The number of aryl methyl sites for hydroxylation is 2. The number of rotatable bonds is 5. The molecule has 0 spiro atoms. The second-order valence-electron chi connectivity index (χ2n) is 4.57. The van der Waals surface area contributed by atoms with E-state index in [1.807, 2.05) is 19.2 Å². The van der Waals surface area contributed by atoms with Gasteiger partial charge in [-0.15, -0.1) is 0 Å². The van der Waals surface area contributed by atoms with Gasteiger partial charge >= 0.3 is 0 Å². The van der Waals surface area contributed by atoms with Crippen molar-refractivity contribution in [3.05, 3.63) is 41.0 Å². The topological polar surface area (TPSA) is 60.2 Å². The van der Waals surface area contributed by atoms with Crippen molar-refractivity contribution >= 4 is 0 Å². The Hall–Kier alpha value is -1.88. The summed E-state index contributed by atoms with van der Waals surface area (Å²) >= 11 is 0. The van der Waals surface area contributed by atoms with Crippen molar-refractivity contribution in [1.82, 2.24) is 15.5 Å². The van der Waals surface area contributed by atoms with E-state index in [9.17, 15) is 0 Å². The van der Waals surface area contributed by atoms with E-state index in [-0.39, 0.29) is 6.04 Å². The van der Waals surface area contributed by atoms with Gasteiger partial charge in [-0.2, -0.15) is 4.98 Å². The van der Waals surface area contributed by atoms with Gasteiger partial charge in [-0.3, -0.25) is 0 Å². The number of nitrogens with one attached hydrogen (secondary N) is 1. The van der Waals surface area contributed by atoms with E-state index >= 15 is 0 Å². The van der Waals surface area contributed by atoms with Gasteiger partial charge < -0.3 is 14.6 Å². The molecule has 102 valence electrons. The van der Waals surface area contributed by atoms with Gasteiger partial charge in [0.15, 0.2) is 6.61 Å². The molecule has 2 rings (SSSR count). The van der Waals surface area contributed by atoms with Crippen LogP contribution in [-0.4, -0.2) is 17.2 Å². The fraction of sp³-hybridized carbons (Fsp3) is 0.429. The molecule has 0 saturated heterocycles. The van der Waals surface area contributed by atoms with Crippen LogP contribution in [0.15, 0.2) is 22.7 Å². The Balaban J connectivity index is 2.15. The minimum atomic E-state index is 0.224. The SMILES string of the molecule is CNC(C)c1cc(C)ccc1OCc1noc(C)n1. The van der Waals surface area contributed by atoms with Crippen molar-refractivity contribution in [3.8, 4) is 5.75 Å². The maximum atomic E-state index is 5.79. The molecule has 0 amide bonds. The van der Waals surface area contributed by atoms with Gasteiger partial charge in [0.25, 0.3) is 0 Å². The smallest absolute Gasteiger partial charge is 0.223 e. The van der Waals surface area contributed by atoms with Crippen molar-refractivity contribution in [2.45, 2.75) is 33.4 Å². The molecule has 5 heteroatoms. The van der Waals surface area contributed by atoms with Crippen molar-refractivity contribution in [2.24, 2.45) is 0 Å². The first-order chi connectivity index (χ1) is 9.10. The van der Waals surface area contributed by atoms with Crippen LogP contribution in [0.4, 0.5) is 0 Å². The first kappa shape index (κ1) is 13.5. The molecule has 0 aliphatic heterocycles. The molecular formula is C14H19N3O2. The van der Waals surface area contributed by atoms with Crippen molar-refractivity contribution in [1.29, 1.82) is 0 Å². The molecule has 5 nitrogen and oxygen atoms in total. The largest absolute Gasteiger partial charge is 0.485 e. The normalized spacial score (nSPS) is 12.4. The van der Waals surface area contributed by atoms with E-state index in [0.717, 1.165) is 11.3 Å². The van der Waals surface area contributed by atoms with Gasteiger partial charge in [0.2, 0.25) is 11.7 Å². The molecule has 1 aromatic carbocycles. The molecular weight excluding hydrogens is 242 g/mol. The summed E-state index contributed by atoms with van der Waals surface area (Å²) in [6.45, 7) is 6.24. The molecule has 0 aliphatic carbocycles. The standard InChI is InChI=1S/C14H19N3O2/c1-9-5-6-13(12(7-9)10(2)15-4)18-8-14-16-11(3)19-17-14/h5-7,10,15H,8H2,1-4H3. The van der Waals surface area contributed by atoms with Gasteiger partial charge in [-0.05, 0) is 27.0 Å². The van der Waals surface area contributed by atoms with E-state index in [1.54, 1.807) is 6.92 Å². The Morgan fingerprint density at radius 3 is 2.79 bits per heavy atom. The number of aromatic nitrogens is 2. The predicted octanol–water partition coefficient (Wildman–Crippen LogP) is 2.55. The summed E-state index contributed by atoms with van der Waals surface area (Å²) < 4.78 is 10.7. The summed E-state index contributed by atoms with van der Waals surface area (Å²) in [5, 5.41) is 7.04. The third-order valence-corrected chi connectivity index (χ3v) is 2.99. The molecule has 0 bridgehead atoms. The van der Waals surface area contributed by atoms with E-state index in [2.05, 4.69) is 35.4 Å². The van der Waals surface area contributed by atoms with Gasteiger partial charge in [0.1, 0.15) is 5.75 Å². The molecule has 1 aromatic heterocycles. The molecule has 0 saturated carbocycles. The molecule has 2 aromatic rings. The van der Waals surface area contributed by atoms with Crippen LogP contribution in [0, 0.1) is 13.8 Å². The fourth-order valence-electron chi connectivity index (χ4n) is 1.84. The van der Waals surface area contributed by atoms with Crippen LogP contribution in [0.3, 0.4) is 0 Å². The Kier molecular flexibility index (Phi) is 4.16. The average molecular weight is 261 g/mol. The molecule has 0 aliphatic rings. The lowest BCUT2D eigenvalue weighted by Gasteiger charge is -2.16. The monoisotopic (exact) mass is 261 g/mol. The Morgan fingerprint density at radius 1 is 1.37 bits per heavy atom. The fourth-order valence-corrected chi connectivity index (χ4v) is 1.84. The number of hydrogen-bond donors (Lipinski definition) is 1. The van der Waals surface area contributed by atoms with E-state index in [0.29, 0.717) is 18.3 Å². The lowest BCUT2D eigenvalue weighted by atomic mass is 10.0. The van der Waals surface area contributed by atoms with Crippen molar-refractivity contribution in [3.63, 3.8) is 0 Å².